The smallest absolute Gasteiger partial charge is 0.255 e. The number of ether oxygens (including phenoxy) is 2. The Morgan fingerprint density at radius 1 is 0.951 bits per heavy atom. The van der Waals surface area contributed by atoms with E-state index in [1.54, 1.807) is 31.2 Å². The molecule has 0 atom stereocenters. The summed E-state index contributed by atoms with van der Waals surface area (Å²) >= 11 is 6.40. The number of hydrogen-bond acceptors (Lipinski definition) is 7. The number of allylic oxidation sites excluding steroid dienone is 3. The number of carbonyl (C=O) groups excluding carboxylic acids is 3. The molecule has 2 amide bonds. The Labute approximate surface area is 247 Å². The number of nitrogens with zero attached hydrogens (tertiary/aromatic N) is 2. The first kappa shape index (κ1) is 33.1. The summed E-state index contributed by atoms with van der Waals surface area (Å²) in [6.07, 6.45) is 1.48. The molecule has 0 bridgehead atoms. The van der Waals surface area contributed by atoms with Crippen LogP contribution < -0.4 is 25.0 Å². The van der Waals surface area contributed by atoms with Crippen molar-refractivity contribution in [3.05, 3.63) is 64.3 Å². The van der Waals surface area contributed by atoms with Crippen LogP contribution in [0.25, 0.3) is 0 Å². The summed E-state index contributed by atoms with van der Waals surface area (Å²) in [5.41, 5.74) is 3.02. The summed E-state index contributed by atoms with van der Waals surface area (Å²) in [5.74, 6) is -0.342. The van der Waals surface area contributed by atoms with Gasteiger partial charge in [0.05, 0.1) is 41.0 Å². The molecule has 0 saturated heterocycles. The molecule has 2 aromatic carbocycles. The first-order valence-electron chi connectivity index (χ1n) is 13.2. The van der Waals surface area contributed by atoms with Crippen molar-refractivity contribution in [3.63, 3.8) is 0 Å². The van der Waals surface area contributed by atoms with Crippen molar-refractivity contribution < 1.29 is 23.9 Å². The maximum atomic E-state index is 13.1. The van der Waals surface area contributed by atoms with E-state index < -0.39 is 11.7 Å². The number of hydrogen-bond donors (Lipinski definition) is 2. The number of halogens is 1. The van der Waals surface area contributed by atoms with Crippen molar-refractivity contribution in [1.29, 1.82) is 0 Å². The number of Topliss-reactive ketones (excluding diaryl/α,β-unsaturated/α-hetero) is 1. The average Bonchev–Trinajstić information content (AvgIpc) is 2.92. The van der Waals surface area contributed by atoms with Crippen molar-refractivity contribution in [2.24, 2.45) is 4.99 Å². The van der Waals surface area contributed by atoms with Gasteiger partial charge in [-0.25, -0.2) is 4.99 Å². The van der Waals surface area contributed by atoms with E-state index in [4.69, 9.17) is 26.1 Å². The van der Waals surface area contributed by atoms with Crippen molar-refractivity contribution >= 4 is 52.0 Å². The summed E-state index contributed by atoms with van der Waals surface area (Å²) in [5, 5.41) is 5.44. The molecule has 2 aromatic rings. The van der Waals surface area contributed by atoms with Crippen LogP contribution >= 0.6 is 11.6 Å². The quantitative estimate of drug-likeness (QED) is 0.296. The van der Waals surface area contributed by atoms with Gasteiger partial charge >= 0.3 is 0 Å². The highest BCUT2D eigenvalue weighted by atomic mass is 35.5. The largest absolute Gasteiger partial charge is 0.490 e. The van der Waals surface area contributed by atoms with Gasteiger partial charge in [0, 0.05) is 31.3 Å². The van der Waals surface area contributed by atoms with E-state index in [-0.39, 0.29) is 29.6 Å². The van der Waals surface area contributed by atoms with Crippen LogP contribution in [0.1, 0.15) is 59.3 Å². The van der Waals surface area contributed by atoms with Gasteiger partial charge in [-0.2, -0.15) is 0 Å². The van der Waals surface area contributed by atoms with E-state index in [0.717, 1.165) is 18.8 Å². The molecule has 1 aliphatic carbocycles. The first-order valence-corrected chi connectivity index (χ1v) is 13.6. The Balaban J connectivity index is 0.00000588. The highest BCUT2D eigenvalue weighted by Gasteiger charge is 2.26. The summed E-state index contributed by atoms with van der Waals surface area (Å²) in [7, 11) is 0. The fourth-order valence-corrected chi connectivity index (χ4v) is 4.33. The minimum Gasteiger partial charge on any atom is -0.490 e. The molecule has 0 unspecified atom stereocenters. The number of anilines is 2. The zero-order valence-corrected chi connectivity index (χ0v) is 24.4. The molecule has 0 aromatic heterocycles. The standard InChI is InChI=1S/C30H35ClN4O5.CH4/c1-7-35(8-2)21-12-13-22(24(16-21)32-19(6)36)33-23-17-25(29(37)28(31)18(23)5)34-30(38)20-11-14-26(39-9-3)27(15-20)40-10-4;/h11-17H,7-10H2,1-6H3,(H,32,36)(H,34,38);1H4. The second kappa shape index (κ2) is 15.0. The van der Waals surface area contributed by atoms with Gasteiger partial charge in [0.25, 0.3) is 5.91 Å². The van der Waals surface area contributed by atoms with Crippen molar-refractivity contribution in [3.8, 4) is 11.5 Å². The number of benzene rings is 2. The van der Waals surface area contributed by atoms with Gasteiger partial charge in [-0.3, -0.25) is 14.4 Å². The van der Waals surface area contributed by atoms with Gasteiger partial charge in [0.15, 0.2) is 11.5 Å². The summed E-state index contributed by atoms with van der Waals surface area (Å²) in [4.78, 5) is 44.9. The highest BCUT2D eigenvalue weighted by Crippen LogP contribution is 2.33. The lowest BCUT2D eigenvalue weighted by Gasteiger charge is -2.22. The number of nitrogens with one attached hydrogen (secondary N) is 2. The predicted octanol–water partition coefficient (Wildman–Crippen LogP) is 6.41. The molecular weight excluding hydrogens is 544 g/mol. The molecule has 220 valence electrons. The van der Waals surface area contributed by atoms with Crippen molar-refractivity contribution in [2.45, 2.75) is 49.0 Å². The van der Waals surface area contributed by atoms with Crippen LogP contribution in [0.3, 0.4) is 0 Å². The third-order valence-corrected chi connectivity index (χ3v) is 6.61. The molecular formula is C31H39ClN4O5. The number of aliphatic imine (C=N–C) groups is 1. The second-order valence-electron chi connectivity index (χ2n) is 8.86. The molecule has 0 saturated carbocycles. The first-order chi connectivity index (χ1) is 19.1. The van der Waals surface area contributed by atoms with Crippen LogP contribution in [0.5, 0.6) is 11.5 Å². The van der Waals surface area contributed by atoms with Gasteiger partial charge in [0.1, 0.15) is 0 Å². The molecule has 0 fully saturated rings. The zero-order chi connectivity index (χ0) is 29.4. The minimum absolute atomic E-state index is 0. The summed E-state index contributed by atoms with van der Waals surface area (Å²) in [6, 6.07) is 10.4. The average molecular weight is 583 g/mol. The highest BCUT2D eigenvalue weighted by molar-refractivity contribution is 6.49. The number of ketones is 1. The van der Waals surface area contributed by atoms with E-state index in [0.29, 0.717) is 47.4 Å². The molecule has 2 N–H and O–H groups in total. The van der Waals surface area contributed by atoms with Gasteiger partial charge < -0.3 is 25.0 Å². The molecule has 41 heavy (non-hydrogen) atoms. The molecule has 0 aliphatic heterocycles. The molecule has 9 nitrogen and oxygen atoms in total. The summed E-state index contributed by atoms with van der Waals surface area (Å²) in [6.45, 7) is 13.3. The maximum Gasteiger partial charge on any atom is 0.255 e. The molecule has 0 heterocycles. The predicted molar refractivity (Wildman–Crippen MR) is 166 cm³/mol. The second-order valence-corrected chi connectivity index (χ2v) is 9.24. The Bertz CT molecular complexity index is 1390. The lowest BCUT2D eigenvalue weighted by molar-refractivity contribution is -0.114. The zero-order valence-electron chi connectivity index (χ0n) is 23.7. The SMILES string of the molecule is C.CCOc1ccc(C(=O)NC2=CC(=Nc3ccc(N(CC)CC)cc3NC(C)=O)C(C)=C(Cl)C2=O)cc1OCC. The van der Waals surface area contributed by atoms with Gasteiger partial charge in [-0.1, -0.05) is 19.0 Å². The Morgan fingerprint density at radius 3 is 2.22 bits per heavy atom. The normalized spacial score (nSPS) is 13.8. The van der Waals surface area contributed by atoms with Crippen LogP contribution in [-0.2, 0) is 9.59 Å². The van der Waals surface area contributed by atoms with Gasteiger partial charge in [0.2, 0.25) is 11.7 Å². The topological polar surface area (TPSA) is 109 Å². The van der Waals surface area contributed by atoms with E-state index in [2.05, 4.69) is 29.4 Å². The van der Waals surface area contributed by atoms with Crippen LogP contribution in [-0.4, -0.2) is 49.6 Å². The van der Waals surface area contributed by atoms with Crippen LogP contribution in [0.2, 0.25) is 0 Å². The van der Waals surface area contributed by atoms with E-state index in [9.17, 15) is 14.4 Å². The number of rotatable bonds is 11. The molecule has 10 heteroatoms. The van der Waals surface area contributed by atoms with E-state index >= 15 is 0 Å². The Morgan fingerprint density at radius 2 is 1.61 bits per heavy atom. The van der Waals surface area contributed by atoms with Crippen molar-refractivity contribution in [2.75, 3.05) is 36.5 Å². The van der Waals surface area contributed by atoms with Crippen LogP contribution in [0.4, 0.5) is 17.1 Å². The monoisotopic (exact) mass is 582 g/mol. The molecule has 0 spiro atoms. The van der Waals surface area contributed by atoms with Crippen molar-refractivity contribution in [1.82, 2.24) is 5.32 Å². The lowest BCUT2D eigenvalue weighted by Crippen LogP contribution is -2.31. The number of amides is 2. The van der Waals surface area contributed by atoms with Gasteiger partial charge in [-0.15, -0.1) is 0 Å². The fraction of sp³-hybridized carbons (Fsp3) is 0.355. The Hall–Kier alpha value is -4.11. The van der Waals surface area contributed by atoms with Crippen LogP contribution in [0, 0.1) is 0 Å². The minimum atomic E-state index is -0.526. The van der Waals surface area contributed by atoms with E-state index in [1.165, 1.54) is 13.0 Å². The van der Waals surface area contributed by atoms with Gasteiger partial charge in [-0.05, 0) is 82.7 Å². The van der Waals surface area contributed by atoms with Crippen LogP contribution in [0.15, 0.2) is 63.8 Å². The molecule has 3 rings (SSSR count). The summed E-state index contributed by atoms with van der Waals surface area (Å²) < 4.78 is 11.2. The Kier molecular flexibility index (Phi) is 12.1. The fourth-order valence-electron chi connectivity index (χ4n) is 4.13. The lowest BCUT2D eigenvalue weighted by atomic mass is 10.0. The number of carbonyl (C=O) groups is 3. The third-order valence-electron chi connectivity index (χ3n) is 6.15. The molecule has 1 aliphatic rings. The maximum absolute atomic E-state index is 13.1. The molecule has 0 radical (unpaired) electrons. The van der Waals surface area contributed by atoms with E-state index in [1.807, 2.05) is 26.0 Å². The third kappa shape index (κ3) is 7.98.